The Morgan fingerprint density at radius 1 is 1.35 bits per heavy atom. The third-order valence-corrected chi connectivity index (χ3v) is 4.34. The number of benzene rings is 1. The van der Waals surface area contributed by atoms with E-state index in [9.17, 15) is 4.39 Å². The van der Waals surface area contributed by atoms with Crippen molar-refractivity contribution in [3.8, 4) is 0 Å². The highest BCUT2D eigenvalue weighted by Crippen LogP contribution is 2.29. The van der Waals surface area contributed by atoms with Gasteiger partial charge in [0.15, 0.2) is 0 Å². The van der Waals surface area contributed by atoms with Crippen molar-refractivity contribution in [3.63, 3.8) is 0 Å². The number of hydrazine groups is 1. The Balaban J connectivity index is 3.03. The molecular weight excluding hydrogens is 279 g/mol. The number of halogens is 2. The first kappa shape index (κ1) is 17.4. The summed E-state index contributed by atoms with van der Waals surface area (Å²) in [5.74, 6) is 5.30. The van der Waals surface area contributed by atoms with Gasteiger partial charge in [-0.05, 0) is 37.8 Å². The quantitative estimate of drug-likeness (QED) is 0.571. The van der Waals surface area contributed by atoms with Crippen LogP contribution in [0.3, 0.4) is 0 Å². The molecule has 0 aromatic heterocycles. The van der Waals surface area contributed by atoms with Gasteiger partial charge < -0.3 is 4.74 Å². The lowest BCUT2D eigenvalue weighted by Crippen LogP contribution is -2.55. The van der Waals surface area contributed by atoms with Gasteiger partial charge in [-0.15, -0.1) is 0 Å². The van der Waals surface area contributed by atoms with Crippen molar-refractivity contribution in [2.75, 3.05) is 6.61 Å². The molecule has 1 atom stereocenters. The summed E-state index contributed by atoms with van der Waals surface area (Å²) in [4.78, 5) is 0. The maximum Gasteiger partial charge on any atom is 0.142 e. The average Bonchev–Trinajstić information content (AvgIpc) is 2.47. The summed E-state index contributed by atoms with van der Waals surface area (Å²) < 4.78 is 19.5. The molecule has 1 aromatic rings. The van der Waals surface area contributed by atoms with Crippen molar-refractivity contribution < 1.29 is 9.13 Å². The standard InChI is InChI=1S/C15H24ClFN2O/c1-4-15(5-2,20-6-3)13(19-18)10-11-8-7-9-12(17)14(11)16/h7-9,13,19H,4-6,10,18H2,1-3H3. The van der Waals surface area contributed by atoms with Gasteiger partial charge in [-0.25, -0.2) is 4.39 Å². The molecule has 0 amide bonds. The van der Waals surface area contributed by atoms with Crippen LogP contribution >= 0.6 is 11.6 Å². The molecule has 0 aliphatic rings. The van der Waals surface area contributed by atoms with Crippen LogP contribution < -0.4 is 11.3 Å². The van der Waals surface area contributed by atoms with Crippen molar-refractivity contribution in [2.24, 2.45) is 5.84 Å². The Morgan fingerprint density at radius 2 is 2.00 bits per heavy atom. The third-order valence-electron chi connectivity index (χ3n) is 3.92. The molecule has 5 heteroatoms. The van der Waals surface area contributed by atoms with Gasteiger partial charge in [0.2, 0.25) is 0 Å². The van der Waals surface area contributed by atoms with Gasteiger partial charge in [0.05, 0.1) is 16.7 Å². The summed E-state index contributed by atoms with van der Waals surface area (Å²) in [6.45, 7) is 6.70. The van der Waals surface area contributed by atoms with Crippen LogP contribution in [0, 0.1) is 5.82 Å². The van der Waals surface area contributed by atoms with Crippen LogP contribution in [-0.2, 0) is 11.2 Å². The van der Waals surface area contributed by atoms with Crippen LogP contribution in [0.25, 0.3) is 0 Å². The van der Waals surface area contributed by atoms with Crippen molar-refractivity contribution >= 4 is 11.6 Å². The summed E-state index contributed by atoms with van der Waals surface area (Å²) >= 11 is 6.02. The van der Waals surface area contributed by atoms with Gasteiger partial charge in [0.25, 0.3) is 0 Å². The van der Waals surface area contributed by atoms with Crippen molar-refractivity contribution in [2.45, 2.75) is 51.7 Å². The normalized spacial score (nSPS) is 13.5. The fraction of sp³-hybridized carbons (Fsp3) is 0.600. The lowest BCUT2D eigenvalue weighted by Gasteiger charge is -2.39. The predicted molar refractivity (Wildman–Crippen MR) is 81.2 cm³/mol. The topological polar surface area (TPSA) is 47.3 Å². The Morgan fingerprint density at radius 3 is 2.50 bits per heavy atom. The fourth-order valence-electron chi connectivity index (χ4n) is 2.66. The molecule has 0 heterocycles. The maximum absolute atomic E-state index is 13.5. The van der Waals surface area contributed by atoms with E-state index in [1.54, 1.807) is 6.07 Å². The second kappa shape index (κ2) is 7.93. The van der Waals surface area contributed by atoms with Crippen LogP contribution in [0.15, 0.2) is 18.2 Å². The van der Waals surface area contributed by atoms with E-state index in [0.29, 0.717) is 13.0 Å². The van der Waals surface area contributed by atoms with Crippen LogP contribution in [-0.4, -0.2) is 18.2 Å². The smallest absolute Gasteiger partial charge is 0.142 e. The van der Waals surface area contributed by atoms with Crippen molar-refractivity contribution in [1.29, 1.82) is 0 Å². The van der Waals surface area contributed by atoms with Gasteiger partial charge in [0.1, 0.15) is 5.82 Å². The van der Waals surface area contributed by atoms with Crippen LogP contribution in [0.1, 0.15) is 39.2 Å². The summed E-state index contributed by atoms with van der Waals surface area (Å²) in [6, 6.07) is 4.70. The summed E-state index contributed by atoms with van der Waals surface area (Å²) in [6.07, 6.45) is 2.16. The molecule has 3 nitrogen and oxygen atoms in total. The second-order valence-electron chi connectivity index (χ2n) is 4.84. The SMILES string of the molecule is CCOC(CC)(CC)C(Cc1cccc(F)c1Cl)NN. The molecule has 0 saturated heterocycles. The Hall–Kier alpha value is -0.680. The van der Waals surface area contributed by atoms with E-state index in [4.69, 9.17) is 22.2 Å². The minimum Gasteiger partial charge on any atom is -0.374 e. The molecule has 0 bridgehead atoms. The first-order valence-corrected chi connectivity index (χ1v) is 7.45. The highest BCUT2D eigenvalue weighted by atomic mass is 35.5. The summed E-state index contributed by atoms with van der Waals surface area (Å²) in [5, 5.41) is 0.158. The number of nitrogens with one attached hydrogen (secondary N) is 1. The number of hydrogen-bond donors (Lipinski definition) is 2. The van der Waals surface area contributed by atoms with E-state index in [-0.39, 0.29) is 16.7 Å². The number of ether oxygens (including phenoxy) is 1. The minimum absolute atomic E-state index is 0.128. The van der Waals surface area contributed by atoms with E-state index < -0.39 is 5.82 Å². The highest BCUT2D eigenvalue weighted by molar-refractivity contribution is 6.31. The molecule has 20 heavy (non-hydrogen) atoms. The Labute approximate surface area is 125 Å². The van der Waals surface area contributed by atoms with E-state index in [1.807, 2.05) is 13.0 Å². The Bertz CT molecular complexity index is 424. The van der Waals surface area contributed by atoms with E-state index >= 15 is 0 Å². The van der Waals surface area contributed by atoms with Gasteiger partial charge in [-0.2, -0.15) is 0 Å². The zero-order valence-electron chi connectivity index (χ0n) is 12.4. The van der Waals surface area contributed by atoms with E-state index in [0.717, 1.165) is 18.4 Å². The fourth-order valence-corrected chi connectivity index (χ4v) is 2.86. The van der Waals surface area contributed by atoms with Crippen molar-refractivity contribution in [1.82, 2.24) is 5.43 Å². The average molecular weight is 303 g/mol. The molecule has 0 radical (unpaired) electrons. The van der Waals surface area contributed by atoms with Crippen LogP contribution in [0.5, 0.6) is 0 Å². The van der Waals surface area contributed by atoms with Gasteiger partial charge in [-0.1, -0.05) is 37.6 Å². The summed E-state index contributed by atoms with van der Waals surface area (Å²) in [7, 11) is 0. The van der Waals surface area contributed by atoms with Gasteiger partial charge in [-0.3, -0.25) is 11.3 Å². The monoisotopic (exact) mass is 302 g/mol. The van der Waals surface area contributed by atoms with Crippen LogP contribution in [0.2, 0.25) is 5.02 Å². The number of nitrogens with two attached hydrogens (primary N) is 1. The number of hydrogen-bond acceptors (Lipinski definition) is 3. The molecule has 0 fully saturated rings. The second-order valence-corrected chi connectivity index (χ2v) is 5.22. The third kappa shape index (κ3) is 3.70. The van der Waals surface area contributed by atoms with Crippen molar-refractivity contribution in [3.05, 3.63) is 34.6 Å². The largest absolute Gasteiger partial charge is 0.374 e. The lowest BCUT2D eigenvalue weighted by molar-refractivity contribution is -0.0719. The maximum atomic E-state index is 13.5. The van der Waals surface area contributed by atoms with Gasteiger partial charge in [0, 0.05) is 6.61 Å². The number of rotatable bonds is 8. The molecular formula is C15H24ClFN2O. The molecule has 0 aliphatic carbocycles. The lowest BCUT2D eigenvalue weighted by atomic mass is 9.84. The van der Waals surface area contributed by atoms with E-state index in [1.165, 1.54) is 6.07 Å². The van der Waals surface area contributed by atoms with Gasteiger partial charge >= 0.3 is 0 Å². The zero-order chi connectivity index (χ0) is 15.2. The molecule has 0 aliphatic heterocycles. The first-order valence-electron chi connectivity index (χ1n) is 7.07. The predicted octanol–water partition coefficient (Wildman–Crippen LogP) is 3.45. The summed E-state index contributed by atoms with van der Waals surface area (Å²) in [5.41, 5.74) is 3.18. The molecule has 3 N–H and O–H groups in total. The molecule has 0 spiro atoms. The highest BCUT2D eigenvalue weighted by Gasteiger charge is 2.36. The minimum atomic E-state index is -0.407. The zero-order valence-corrected chi connectivity index (χ0v) is 13.1. The van der Waals surface area contributed by atoms with E-state index in [2.05, 4.69) is 19.3 Å². The van der Waals surface area contributed by atoms with Crippen LogP contribution in [0.4, 0.5) is 4.39 Å². The molecule has 1 rings (SSSR count). The first-order chi connectivity index (χ1) is 9.54. The Kier molecular flexibility index (Phi) is 6.89. The molecule has 1 unspecified atom stereocenters. The molecule has 1 aromatic carbocycles. The molecule has 114 valence electrons. The molecule has 0 saturated carbocycles.